The Morgan fingerprint density at radius 2 is 0.917 bits per heavy atom. The maximum atomic E-state index is 13.7. The van der Waals surface area contributed by atoms with Crippen LogP contribution in [-0.2, 0) is 50.4 Å². The van der Waals surface area contributed by atoms with Crippen LogP contribution in [-0.4, -0.2) is 212 Å². The van der Waals surface area contributed by atoms with E-state index in [-0.39, 0.29) is 28.2 Å². The van der Waals surface area contributed by atoms with Gasteiger partial charge in [0.25, 0.3) is 17.7 Å². The van der Waals surface area contributed by atoms with Gasteiger partial charge < -0.3 is 121 Å². The first-order valence-corrected chi connectivity index (χ1v) is 20.8. The summed E-state index contributed by atoms with van der Waals surface area (Å²) in [5.74, 6) is -16.0. The molecule has 396 valence electrons. The second kappa shape index (κ2) is 24.7. The molecule has 0 unspecified atom stereocenters. The molecule has 30 heteroatoms. The predicted octanol–water partition coefficient (Wildman–Crippen LogP) is -7.53. The first-order valence-electron chi connectivity index (χ1n) is 20.8. The molecular weight excluding hydrogens is 1020 g/mol. The number of carboxylic acids is 1. The summed E-state index contributed by atoms with van der Waals surface area (Å²) in [4.78, 5) is 78.9. The molecule has 0 aromatic heterocycles. The van der Waals surface area contributed by atoms with Crippen LogP contribution in [0.15, 0.2) is 42.5 Å². The molecule has 0 spiro atoms. The third-order valence-electron chi connectivity index (χ3n) is 11.2. The van der Waals surface area contributed by atoms with Gasteiger partial charge in [-0.1, -0.05) is 6.07 Å². The number of nitrogens with one attached hydrogen (secondary N) is 3. The van der Waals surface area contributed by atoms with E-state index in [1.165, 1.54) is 0 Å². The van der Waals surface area contributed by atoms with Gasteiger partial charge in [-0.25, -0.2) is 9.59 Å². The number of aliphatic hydroxyl groups is 9. The number of aromatic hydroxyl groups is 6. The molecule has 2 aliphatic heterocycles. The Bertz CT molecular complexity index is 2480. The average molecular weight is 1070 g/mol. The number of rotatable bonds is 18. The van der Waals surface area contributed by atoms with Gasteiger partial charge in [-0.15, -0.1) is 0 Å². The van der Waals surface area contributed by atoms with Gasteiger partial charge in [-0.05, 0) is 47.5 Å². The fourth-order valence-electron chi connectivity index (χ4n) is 7.18. The largest absolute Gasteiger partial charge is 0.548 e. The van der Waals surface area contributed by atoms with Crippen molar-refractivity contribution in [2.45, 2.75) is 79.2 Å². The molecule has 0 bridgehead atoms. The van der Waals surface area contributed by atoms with Crippen molar-refractivity contribution < 1.29 is 146 Å². The molecule has 3 aromatic rings. The average Bonchev–Trinajstić information content (AvgIpc) is 3.33. The van der Waals surface area contributed by atoms with E-state index >= 15 is 0 Å². The topological polar surface area (TPSA) is 502 Å². The van der Waals surface area contributed by atoms with Crippen LogP contribution in [0.5, 0.6) is 34.5 Å². The number of aliphatic hydroxyl groups excluding tert-OH is 9. The van der Waals surface area contributed by atoms with E-state index in [4.69, 9.17) is 18.9 Å². The molecule has 13 atom stereocenters. The molecule has 29 nitrogen and oxygen atoms in total. The summed E-state index contributed by atoms with van der Waals surface area (Å²) in [7, 11) is 0. The zero-order valence-electron chi connectivity index (χ0n) is 36.6. The second-order valence-electron chi connectivity index (χ2n) is 15.9. The van der Waals surface area contributed by atoms with Gasteiger partial charge in [0.2, 0.25) is 0 Å². The van der Waals surface area contributed by atoms with Crippen molar-refractivity contribution in [2.75, 3.05) is 33.0 Å². The number of aliphatic carboxylic acids is 1. The molecule has 2 heterocycles. The summed E-state index contributed by atoms with van der Waals surface area (Å²) in [5.41, 5.74) is -3.18. The zero-order valence-corrected chi connectivity index (χ0v) is 37.7. The fourth-order valence-corrected chi connectivity index (χ4v) is 7.18. The standard InChI is InChI=1S/C42H49N3O26.Fe/c46-8-18(43-37(61)15-2-1-3-21(49)26(15)52)41(66)69-12-20(45-39(63)17-5-14(7-23(51)28(17)54)36-34(60)32(58)30(56)25(10-48)71-36)42(67)68-11-19(40(64)65)44-38(62)16-4-13(6-22(50)27(16)53)35-33(59)31(57)29(55)24(9-47)70-35;/h1-7,18-20,24-25,29-36,46-60H,8-12H2,(H,43,61)(H,44,62)(H,45,63)(H,64,65);/p-1/t18-,19-,20-,24+,25+,29+,30+,31-,32-,33+,34+,35-,36-;/m0./s1. The third kappa shape index (κ3) is 12.7. The van der Waals surface area contributed by atoms with Crippen LogP contribution in [0, 0.1) is 0 Å². The summed E-state index contributed by atoms with van der Waals surface area (Å²) in [6, 6.07) is -0.506. The molecule has 18 N–H and O–H groups in total. The maximum Gasteiger partial charge on any atom is 0.332 e. The number of amides is 3. The number of para-hydroxylation sites is 1. The summed E-state index contributed by atoms with van der Waals surface area (Å²) in [5, 5.41) is 171. The smallest absolute Gasteiger partial charge is 0.332 e. The van der Waals surface area contributed by atoms with Crippen LogP contribution >= 0.6 is 0 Å². The van der Waals surface area contributed by atoms with Crippen molar-refractivity contribution in [1.29, 1.82) is 0 Å². The number of carbonyl (C=O) groups is 6. The van der Waals surface area contributed by atoms with Gasteiger partial charge in [-0.3, -0.25) is 14.4 Å². The van der Waals surface area contributed by atoms with Crippen LogP contribution in [0.4, 0.5) is 0 Å². The molecule has 72 heavy (non-hydrogen) atoms. The van der Waals surface area contributed by atoms with Crippen LogP contribution < -0.4 is 21.1 Å². The van der Waals surface area contributed by atoms with E-state index in [1.54, 1.807) is 0 Å². The number of carboxylic acid groups (broad SMARTS) is 1. The molecule has 0 aliphatic carbocycles. The number of phenols is 6. The van der Waals surface area contributed by atoms with Crippen molar-refractivity contribution >= 4 is 35.6 Å². The van der Waals surface area contributed by atoms with Crippen molar-refractivity contribution in [1.82, 2.24) is 16.0 Å². The van der Waals surface area contributed by atoms with Gasteiger partial charge in [-0.2, -0.15) is 0 Å². The number of esters is 2. The number of carbonyl (C=O) groups excluding carboxylic acids is 6. The van der Waals surface area contributed by atoms with E-state index in [0.717, 1.165) is 42.5 Å². The minimum absolute atomic E-state index is 0. The Labute approximate surface area is 414 Å². The normalized spacial score (nSPS) is 25.1. The van der Waals surface area contributed by atoms with Crippen LogP contribution in [0.2, 0.25) is 0 Å². The van der Waals surface area contributed by atoms with Gasteiger partial charge in [0.1, 0.15) is 80.3 Å². The monoisotopic (exact) mass is 1070 g/mol. The summed E-state index contributed by atoms with van der Waals surface area (Å²) in [6.45, 7) is -5.75. The number of phenolic OH excluding ortho intramolecular Hbond substituents is 6. The van der Waals surface area contributed by atoms with Crippen LogP contribution in [0.1, 0.15) is 54.4 Å². The first kappa shape index (κ1) is 57.9. The Balaban J connectivity index is 0.0000112. The van der Waals surface area contributed by atoms with E-state index in [1.807, 2.05) is 16.0 Å². The third-order valence-corrected chi connectivity index (χ3v) is 11.2. The molecule has 2 fully saturated rings. The van der Waals surface area contributed by atoms with Crippen LogP contribution in [0.3, 0.4) is 0 Å². The molecule has 0 radical (unpaired) electrons. The molecule has 5 rings (SSSR count). The van der Waals surface area contributed by atoms with Crippen LogP contribution in [0.25, 0.3) is 0 Å². The van der Waals surface area contributed by atoms with Crippen molar-refractivity contribution in [3.05, 3.63) is 70.3 Å². The minimum Gasteiger partial charge on any atom is -0.548 e. The van der Waals surface area contributed by atoms with Crippen molar-refractivity contribution in [3.63, 3.8) is 0 Å². The second-order valence-corrected chi connectivity index (χ2v) is 15.9. The van der Waals surface area contributed by atoms with Gasteiger partial charge >= 0.3 is 11.9 Å². The van der Waals surface area contributed by atoms with Crippen molar-refractivity contribution in [2.24, 2.45) is 0 Å². The van der Waals surface area contributed by atoms with Gasteiger partial charge in [0.15, 0.2) is 46.6 Å². The SMILES string of the molecule is O=C(N[C@@H](COC(=O)[C@H](COC(=O)[C@H](CO)NC(=O)c1cccc(O)c1O)NC(=O)c1cc([C@@H]2O[C@H](CO)[C@@H](O)[C@H](O)[C@H]2O)cc(O)c1O)C(=O)[O-])c1cc([C@@H]2O[C@H](CO)[C@@H](O)[C@H](O)[C@H]2O)cc(O)c1O.[Fe]. The number of benzene rings is 3. The van der Waals surface area contributed by atoms with Crippen molar-refractivity contribution in [3.8, 4) is 34.5 Å². The number of hydrogen-bond acceptors (Lipinski definition) is 26. The Morgan fingerprint density at radius 1 is 0.528 bits per heavy atom. The van der Waals surface area contributed by atoms with E-state index < -0.39 is 199 Å². The molecular formula is C42H48FeN3O26-. The quantitative estimate of drug-likeness (QED) is 0.0320. The molecule has 3 aromatic carbocycles. The summed E-state index contributed by atoms with van der Waals surface area (Å²) < 4.78 is 20.9. The Morgan fingerprint density at radius 3 is 1.35 bits per heavy atom. The molecule has 3 amide bonds. The Kier molecular flexibility index (Phi) is 19.8. The molecule has 2 saturated heterocycles. The van der Waals surface area contributed by atoms with E-state index in [0.29, 0.717) is 0 Å². The maximum absolute atomic E-state index is 13.7. The van der Waals surface area contributed by atoms with Gasteiger partial charge in [0.05, 0.1) is 42.5 Å². The Hall–Kier alpha value is -6.64. The molecule has 2 aliphatic rings. The number of ether oxygens (including phenoxy) is 4. The van der Waals surface area contributed by atoms with E-state index in [9.17, 15) is 110 Å². The molecule has 0 saturated carbocycles. The summed E-state index contributed by atoms with van der Waals surface area (Å²) in [6.07, 6.45) is -17.8. The fraction of sp³-hybridized carbons (Fsp3) is 0.429. The zero-order chi connectivity index (χ0) is 52.8. The van der Waals surface area contributed by atoms with Gasteiger partial charge in [0, 0.05) is 17.1 Å². The predicted molar refractivity (Wildman–Crippen MR) is 223 cm³/mol. The van der Waals surface area contributed by atoms with E-state index in [2.05, 4.69) is 0 Å². The number of hydrogen-bond donors (Lipinski definition) is 18. The minimum atomic E-state index is -2.39. The summed E-state index contributed by atoms with van der Waals surface area (Å²) >= 11 is 0. The first-order chi connectivity index (χ1) is 33.4.